The number of hydrogen-bond acceptors (Lipinski definition) is 7. The van der Waals surface area contributed by atoms with Crippen molar-refractivity contribution < 1.29 is 33.3 Å². The molecule has 2 saturated carbocycles. The highest BCUT2D eigenvalue weighted by Gasteiger charge is 2.69. The third-order valence-corrected chi connectivity index (χ3v) is 5.07. The maximum Gasteiger partial charge on any atom is 0.335 e. The molecule has 0 radical (unpaired) electrons. The Hall–Kier alpha value is -1.89. The molecule has 7 atom stereocenters. The second kappa shape index (κ2) is 6.20. The summed E-state index contributed by atoms with van der Waals surface area (Å²) in [6.07, 6.45) is -1.00. The highest BCUT2D eigenvalue weighted by molar-refractivity contribution is 5.87. The highest BCUT2D eigenvalue weighted by Crippen LogP contribution is 2.59. The summed E-state index contributed by atoms with van der Waals surface area (Å²) >= 11 is 0. The predicted octanol–water partition coefficient (Wildman–Crippen LogP) is 1.21. The molecule has 0 spiro atoms. The largest absolute Gasteiger partial charge is 0.466 e. The van der Waals surface area contributed by atoms with Crippen molar-refractivity contribution in [1.82, 2.24) is 0 Å². The molecule has 2 aliphatic carbocycles. The van der Waals surface area contributed by atoms with Crippen LogP contribution in [0, 0.1) is 23.7 Å². The number of fused-ring (bicyclic) bond motifs is 1. The normalized spacial score (nSPS) is 37.0. The Labute approximate surface area is 140 Å². The van der Waals surface area contributed by atoms with Gasteiger partial charge in [-0.15, -0.1) is 0 Å². The number of carbonyl (C=O) groups is 3. The minimum absolute atomic E-state index is 0.0362. The van der Waals surface area contributed by atoms with E-state index in [9.17, 15) is 14.4 Å². The summed E-state index contributed by atoms with van der Waals surface area (Å²) in [5, 5.41) is 0. The Morgan fingerprint density at radius 3 is 2.71 bits per heavy atom. The van der Waals surface area contributed by atoms with Crippen LogP contribution in [-0.2, 0) is 33.3 Å². The van der Waals surface area contributed by atoms with Crippen LogP contribution in [0.5, 0.6) is 0 Å². The Morgan fingerprint density at radius 2 is 2.08 bits per heavy atom. The van der Waals surface area contributed by atoms with Gasteiger partial charge in [-0.2, -0.15) is 0 Å². The van der Waals surface area contributed by atoms with Crippen LogP contribution in [0.2, 0.25) is 0 Å². The molecule has 0 amide bonds. The molecular weight excluding hydrogens is 316 g/mol. The van der Waals surface area contributed by atoms with Crippen LogP contribution in [0.3, 0.4) is 0 Å². The molecule has 3 aliphatic rings. The van der Waals surface area contributed by atoms with Gasteiger partial charge in [0.1, 0.15) is 12.2 Å². The molecule has 0 aromatic heterocycles. The Morgan fingerprint density at radius 1 is 1.38 bits per heavy atom. The molecule has 24 heavy (non-hydrogen) atoms. The third kappa shape index (κ3) is 2.60. The molecule has 1 aliphatic heterocycles. The van der Waals surface area contributed by atoms with Gasteiger partial charge in [0, 0.05) is 17.4 Å². The molecule has 1 heterocycles. The van der Waals surface area contributed by atoms with E-state index in [1.807, 2.05) is 0 Å². The van der Waals surface area contributed by atoms with Gasteiger partial charge in [0.25, 0.3) is 0 Å². The van der Waals surface area contributed by atoms with Crippen molar-refractivity contribution in [3.05, 3.63) is 12.2 Å². The summed E-state index contributed by atoms with van der Waals surface area (Å²) in [7, 11) is 0. The minimum atomic E-state index is -0.820. The number of rotatable bonds is 6. The average Bonchev–Trinajstić information content (AvgIpc) is 3.10. The summed E-state index contributed by atoms with van der Waals surface area (Å²) in [6, 6.07) is 0. The molecule has 7 heteroatoms. The molecule has 0 aromatic rings. The van der Waals surface area contributed by atoms with Crippen LogP contribution in [0.4, 0.5) is 0 Å². The van der Waals surface area contributed by atoms with Gasteiger partial charge in [0.05, 0.1) is 18.4 Å². The Balaban J connectivity index is 1.73. The lowest BCUT2D eigenvalue weighted by Crippen LogP contribution is -2.44. The standard InChI is InChI=1S/C17H22O7/c1-5-21-16(19)11-9-6-10-12(11)17(20)24-14(10)13(9)22-8(4)23-15(18)7(2)3/h8-14H,2,5-6H2,1,3-4H3. The molecule has 0 aromatic carbocycles. The molecule has 132 valence electrons. The van der Waals surface area contributed by atoms with E-state index in [0.717, 1.165) is 0 Å². The Bertz CT molecular complexity index is 583. The molecule has 3 fully saturated rings. The fourth-order valence-corrected chi connectivity index (χ4v) is 4.23. The molecule has 3 rings (SSSR count). The van der Waals surface area contributed by atoms with Crippen LogP contribution in [0.1, 0.15) is 27.2 Å². The molecule has 1 saturated heterocycles. The SMILES string of the molecule is C=C(C)C(=O)OC(C)OC1C2CC3C1OC(=O)C3C2C(=O)OCC. The zero-order chi connectivity index (χ0) is 17.6. The fraction of sp³-hybridized carbons (Fsp3) is 0.706. The van der Waals surface area contributed by atoms with Crippen molar-refractivity contribution in [2.45, 2.75) is 45.7 Å². The van der Waals surface area contributed by atoms with Gasteiger partial charge < -0.3 is 18.9 Å². The van der Waals surface area contributed by atoms with Crippen LogP contribution in [0.25, 0.3) is 0 Å². The van der Waals surface area contributed by atoms with E-state index in [2.05, 4.69) is 6.58 Å². The van der Waals surface area contributed by atoms with Crippen LogP contribution < -0.4 is 0 Å². The van der Waals surface area contributed by atoms with Crippen molar-refractivity contribution in [3.63, 3.8) is 0 Å². The lowest BCUT2D eigenvalue weighted by Gasteiger charge is -2.32. The van der Waals surface area contributed by atoms with E-state index in [1.54, 1.807) is 20.8 Å². The van der Waals surface area contributed by atoms with Gasteiger partial charge in [-0.3, -0.25) is 9.59 Å². The first-order chi connectivity index (χ1) is 11.3. The van der Waals surface area contributed by atoms with Crippen molar-refractivity contribution >= 4 is 17.9 Å². The maximum absolute atomic E-state index is 12.3. The van der Waals surface area contributed by atoms with Gasteiger partial charge in [0.15, 0.2) is 0 Å². The topological polar surface area (TPSA) is 88.1 Å². The first-order valence-electron chi connectivity index (χ1n) is 8.24. The van der Waals surface area contributed by atoms with E-state index in [0.29, 0.717) is 6.42 Å². The zero-order valence-electron chi connectivity index (χ0n) is 14.0. The first-order valence-corrected chi connectivity index (χ1v) is 8.24. The van der Waals surface area contributed by atoms with Crippen molar-refractivity contribution in [3.8, 4) is 0 Å². The molecular formula is C17H22O7. The predicted molar refractivity (Wildman–Crippen MR) is 80.3 cm³/mol. The average molecular weight is 338 g/mol. The maximum atomic E-state index is 12.3. The lowest BCUT2D eigenvalue weighted by atomic mass is 9.78. The monoisotopic (exact) mass is 338 g/mol. The first kappa shape index (κ1) is 17.0. The fourth-order valence-electron chi connectivity index (χ4n) is 4.23. The van der Waals surface area contributed by atoms with Crippen molar-refractivity contribution in [2.24, 2.45) is 23.7 Å². The second-order valence-electron chi connectivity index (χ2n) is 6.62. The quantitative estimate of drug-likeness (QED) is 0.311. The molecule has 7 nitrogen and oxygen atoms in total. The number of hydrogen-bond donors (Lipinski definition) is 0. The van der Waals surface area contributed by atoms with Crippen LogP contribution in [0.15, 0.2) is 12.2 Å². The van der Waals surface area contributed by atoms with Crippen LogP contribution in [-0.4, -0.2) is 43.0 Å². The number of ether oxygens (including phenoxy) is 4. The summed E-state index contributed by atoms with van der Waals surface area (Å²) in [4.78, 5) is 36.0. The number of carbonyl (C=O) groups excluding carboxylic acids is 3. The van der Waals surface area contributed by atoms with Gasteiger partial charge in [-0.05, 0) is 27.2 Å². The summed E-state index contributed by atoms with van der Waals surface area (Å²) in [6.45, 7) is 8.66. The summed E-state index contributed by atoms with van der Waals surface area (Å²) in [5.74, 6) is -2.47. The lowest BCUT2D eigenvalue weighted by molar-refractivity contribution is -0.201. The van der Waals surface area contributed by atoms with Crippen LogP contribution >= 0.6 is 0 Å². The van der Waals surface area contributed by atoms with Gasteiger partial charge >= 0.3 is 17.9 Å². The van der Waals surface area contributed by atoms with Gasteiger partial charge in [-0.25, -0.2) is 4.79 Å². The molecule has 0 N–H and O–H groups in total. The second-order valence-corrected chi connectivity index (χ2v) is 6.62. The van der Waals surface area contributed by atoms with E-state index in [1.165, 1.54) is 0 Å². The third-order valence-electron chi connectivity index (χ3n) is 5.07. The summed E-state index contributed by atoms with van der Waals surface area (Å²) < 4.78 is 21.5. The van der Waals surface area contributed by atoms with E-state index >= 15 is 0 Å². The van der Waals surface area contributed by atoms with E-state index < -0.39 is 30.2 Å². The van der Waals surface area contributed by atoms with Crippen molar-refractivity contribution in [2.75, 3.05) is 6.61 Å². The Kier molecular flexibility index (Phi) is 4.38. The smallest absolute Gasteiger partial charge is 0.335 e. The van der Waals surface area contributed by atoms with Gasteiger partial charge in [0.2, 0.25) is 6.29 Å². The number of esters is 3. The van der Waals surface area contributed by atoms with E-state index in [4.69, 9.17) is 18.9 Å². The zero-order valence-corrected chi connectivity index (χ0v) is 14.0. The van der Waals surface area contributed by atoms with E-state index in [-0.39, 0.29) is 42.1 Å². The minimum Gasteiger partial charge on any atom is -0.466 e. The summed E-state index contributed by atoms with van der Waals surface area (Å²) in [5.41, 5.74) is 0.273. The van der Waals surface area contributed by atoms with Gasteiger partial charge in [-0.1, -0.05) is 6.58 Å². The highest BCUT2D eigenvalue weighted by atomic mass is 16.7. The molecule has 7 unspecified atom stereocenters. The molecule has 2 bridgehead atoms. The van der Waals surface area contributed by atoms with Crippen molar-refractivity contribution in [1.29, 1.82) is 0 Å².